The molecule has 3 nitrogen and oxygen atoms in total. The maximum atomic E-state index is 13.5. The first-order valence-corrected chi connectivity index (χ1v) is 6.90. The molecule has 1 unspecified atom stereocenters. The van der Waals surface area contributed by atoms with Gasteiger partial charge in [0.25, 0.3) is 0 Å². The van der Waals surface area contributed by atoms with Crippen molar-refractivity contribution in [2.24, 2.45) is 11.7 Å². The van der Waals surface area contributed by atoms with Crippen LogP contribution in [0.2, 0.25) is 5.02 Å². The van der Waals surface area contributed by atoms with Gasteiger partial charge in [-0.25, -0.2) is 4.39 Å². The Morgan fingerprint density at radius 2 is 2.21 bits per heavy atom. The summed E-state index contributed by atoms with van der Waals surface area (Å²) in [6, 6.07) is 4.32. The summed E-state index contributed by atoms with van der Waals surface area (Å²) in [4.78, 5) is 11.8. The summed E-state index contributed by atoms with van der Waals surface area (Å²) in [6.07, 6.45) is 3.00. The molecule has 0 aliphatic carbocycles. The Morgan fingerprint density at radius 1 is 1.47 bits per heavy atom. The molecule has 106 valence electrons. The zero-order valence-electron chi connectivity index (χ0n) is 11.1. The molecule has 0 aliphatic heterocycles. The number of hydrogen-bond donors (Lipinski definition) is 2. The third kappa shape index (κ3) is 5.17. The lowest BCUT2D eigenvalue weighted by Gasteiger charge is -2.13. The molecule has 0 saturated carbocycles. The summed E-state index contributed by atoms with van der Waals surface area (Å²) in [5.74, 6) is -0.302. The van der Waals surface area contributed by atoms with Crippen molar-refractivity contribution in [3.63, 3.8) is 0 Å². The normalized spacial score (nSPS) is 12.2. The average molecular weight is 287 g/mol. The zero-order valence-corrected chi connectivity index (χ0v) is 11.8. The molecule has 1 aromatic carbocycles. The highest BCUT2D eigenvalue weighted by molar-refractivity contribution is 6.33. The van der Waals surface area contributed by atoms with E-state index < -0.39 is 5.82 Å². The zero-order chi connectivity index (χ0) is 14.3. The Morgan fingerprint density at radius 3 is 2.79 bits per heavy atom. The summed E-state index contributed by atoms with van der Waals surface area (Å²) in [5.41, 5.74) is 5.56. The lowest BCUT2D eigenvalue weighted by Crippen LogP contribution is -2.16. The van der Waals surface area contributed by atoms with Crippen molar-refractivity contribution in [1.82, 2.24) is 0 Å². The average Bonchev–Trinajstić information content (AvgIpc) is 2.39. The number of halogens is 2. The van der Waals surface area contributed by atoms with Gasteiger partial charge in [-0.3, -0.25) is 4.79 Å². The second-order valence-corrected chi connectivity index (χ2v) is 4.94. The van der Waals surface area contributed by atoms with E-state index in [1.165, 1.54) is 12.1 Å². The molecule has 1 aromatic rings. The molecule has 3 N–H and O–H groups in total. The lowest BCUT2D eigenvalue weighted by atomic mass is 9.96. The van der Waals surface area contributed by atoms with Crippen LogP contribution in [0.1, 0.15) is 32.6 Å². The second kappa shape index (κ2) is 8.12. The standard InChI is InChI=1S/C14H20ClFN2O/c1-2-10(8-9-17)6-7-13(19)18-14-11(15)4-3-5-12(14)16/h3-5,10H,2,6-9,17H2,1H3,(H,18,19). The van der Waals surface area contributed by atoms with Crippen molar-refractivity contribution in [3.8, 4) is 0 Å². The quantitative estimate of drug-likeness (QED) is 0.805. The van der Waals surface area contributed by atoms with Crippen molar-refractivity contribution < 1.29 is 9.18 Å². The lowest BCUT2D eigenvalue weighted by molar-refractivity contribution is -0.116. The third-order valence-corrected chi connectivity index (χ3v) is 3.47. The molecule has 1 atom stereocenters. The molecule has 1 amide bonds. The van der Waals surface area contributed by atoms with E-state index in [0.29, 0.717) is 18.9 Å². The van der Waals surface area contributed by atoms with E-state index in [-0.39, 0.29) is 16.6 Å². The molecular weight excluding hydrogens is 267 g/mol. The van der Waals surface area contributed by atoms with Crippen LogP contribution in [0, 0.1) is 11.7 Å². The minimum Gasteiger partial charge on any atom is -0.330 e. The van der Waals surface area contributed by atoms with Gasteiger partial charge in [0.2, 0.25) is 5.91 Å². The molecule has 0 fully saturated rings. The number of nitrogens with two attached hydrogens (primary N) is 1. The highest BCUT2D eigenvalue weighted by atomic mass is 35.5. The van der Waals surface area contributed by atoms with Gasteiger partial charge < -0.3 is 11.1 Å². The van der Waals surface area contributed by atoms with Gasteiger partial charge in [0.1, 0.15) is 5.82 Å². The highest BCUT2D eigenvalue weighted by Gasteiger charge is 2.12. The molecule has 0 bridgehead atoms. The summed E-state index contributed by atoms with van der Waals surface area (Å²) in [7, 11) is 0. The molecule has 1 rings (SSSR count). The monoisotopic (exact) mass is 286 g/mol. The maximum Gasteiger partial charge on any atom is 0.224 e. The minimum atomic E-state index is -0.519. The van der Waals surface area contributed by atoms with Crippen LogP contribution in [0.15, 0.2) is 18.2 Å². The van der Waals surface area contributed by atoms with Crippen molar-refractivity contribution >= 4 is 23.2 Å². The predicted molar refractivity (Wildman–Crippen MR) is 76.7 cm³/mol. The topological polar surface area (TPSA) is 55.1 Å². The van der Waals surface area contributed by atoms with Crippen LogP contribution < -0.4 is 11.1 Å². The largest absolute Gasteiger partial charge is 0.330 e. The molecule has 0 spiro atoms. The molecule has 0 aromatic heterocycles. The number of carbonyl (C=O) groups is 1. The maximum absolute atomic E-state index is 13.5. The van der Waals surface area contributed by atoms with Gasteiger partial charge in [-0.2, -0.15) is 0 Å². The van der Waals surface area contributed by atoms with Crippen LogP contribution in [-0.4, -0.2) is 12.5 Å². The molecule has 5 heteroatoms. The van der Waals surface area contributed by atoms with E-state index >= 15 is 0 Å². The summed E-state index contributed by atoms with van der Waals surface area (Å²) >= 11 is 5.84. The SMILES string of the molecule is CCC(CCN)CCC(=O)Nc1c(F)cccc1Cl. The Labute approximate surface area is 118 Å². The fraction of sp³-hybridized carbons (Fsp3) is 0.500. The van der Waals surface area contributed by atoms with E-state index in [9.17, 15) is 9.18 Å². The van der Waals surface area contributed by atoms with Crippen molar-refractivity contribution in [3.05, 3.63) is 29.0 Å². The molecular formula is C14H20ClFN2O. The Bertz CT molecular complexity index is 406. The van der Waals surface area contributed by atoms with E-state index in [4.69, 9.17) is 17.3 Å². The van der Waals surface area contributed by atoms with Gasteiger partial charge in [0.15, 0.2) is 0 Å². The first-order valence-electron chi connectivity index (χ1n) is 6.52. The number of anilines is 1. The number of nitrogens with one attached hydrogen (secondary N) is 1. The number of hydrogen-bond acceptors (Lipinski definition) is 2. The summed E-state index contributed by atoms with van der Waals surface area (Å²) in [6.45, 7) is 2.70. The fourth-order valence-electron chi connectivity index (χ4n) is 1.94. The van der Waals surface area contributed by atoms with Crippen molar-refractivity contribution in [2.75, 3.05) is 11.9 Å². The van der Waals surface area contributed by atoms with Crippen LogP contribution in [0.5, 0.6) is 0 Å². The summed E-state index contributed by atoms with van der Waals surface area (Å²) < 4.78 is 13.5. The molecule has 0 aliphatic rings. The van der Waals surface area contributed by atoms with Crippen LogP contribution in [0.4, 0.5) is 10.1 Å². The van der Waals surface area contributed by atoms with Crippen LogP contribution in [0.25, 0.3) is 0 Å². The van der Waals surface area contributed by atoms with E-state index in [1.54, 1.807) is 6.07 Å². The smallest absolute Gasteiger partial charge is 0.224 e. The van der Waals surface area contributed by atoms with Crippen molar-refractivity contribution in [1.29, 1.82) is 0 Å². The second-order valence-electron chi connectivity index (χ2n) is 4.54. The van der Waals surface area contributed by atoms with Gasteiger partial charge in [0.05, 0.1) is 10.7 Å². The van der Waals surface area contributed by atoms with Crippen LogP contribution in [0.3, 0.4) is 0 Å². The predicted octanol–water partition coefficient (Wildman–Crippen LogP) is 3.57. The van der Waals surface area contributed by atoms with Crippen LogP contribution in [-0.2, 0) is 4.79 Å². The highest BCUT2D eigenvalue weighted by Crippen LogP contribution is 2.25. The number of amides is 1. The summed E-state index contributed by atoms with van der Waals surface area (Å²) in [5, 5.41) is 2.73. The number of rotatable bonds is 7. The van der Waals surface area contributed by atoms with Crippen LogP contribution >= 0.6 is 11.6 Å². The number of para-hydroxylation sites is 1. The van der Waals surface area contributed by atoms with Gasteiger partial charge in [-0.1, -0.05) is 31.0 Å². The van der Waals surface area contributed by atoms with Gasteiger partial charge in [-0.15, -0.1) is 0 Å². The minimum absolute atomic E-state index is 0.0565. The Balaban J connectivity index is 2.51. The third-order valence-electron chi connectivity index (χ3n) is 3.16. The van der Waals surface area contributed by atoms with E-state index in [2.05, 4.69) is 12.2 Å². The van der Waals surface area contributed by atoms with Gasteiger partial charge in [-0.05, 0) is 37.4 Å². The van der Waals surface area contributed by atoms with E-state index in [0.717, 1.165) is 19.3 Å². The molecule has 0 heterocycles. The first kappa shape index (κ1) is 15.9. The Hall–Kier alpha value is -1.13. The Kier molecular flexibility index (Phi) is 6.81. The molecule has 19 heavy (non-hydrogen) atoms. The molecule has 0 radical (unpaired) electrons. The van der Waals surface area contributed by atoms with Crippen molar-refractivity contribution in [2.45, 2.75) is 32.6 Å². The van der Waals surface area contributed by atoms with Gasteiger partial charge in [0, 0.05) is 6.42 Å². The first-order chi connectivity index (χ1) is 9.08. The number of benzene rings is 1. The van der Waals surface area contributed by atoms with Gasteiger partial charge >= 0.3 is 0 Å². The molecule has 0 saturated heterocycles. The van der Waals surface area contributed by atoms with E-state index in [1.807, 2.05) is 0 Å². The number of carbonyl (C=O) groups excluding carboxylic acids is 1. The fourth-order valence-corrected chi connectivity index (χ4v) is 2.15.